The van der Waals surface area contributed by atoms with Crippen LogP contribution in [0.5, 0.6) is 5.75 Å². The van der Waals surface area contributed by atoms with Crippen molar-refractivity contribution in [1.82, 2.24) is 10.3 Å². The lowest BCUT2D eigenvalue weighted by atomic mass is 9.79. The SMILES string of the molecule is O=C(O)CCCCCc1ccc(C[C@](NC(=O)c2ccc(F)c(C(F)(F)F)c2)(c2cc(F)cc(OC(F)(F)C(F)F)c2)c2ccc(Cl)cn2)cc1. The van der Waals surface area contributed by atoms with Crippen LogP contribution in [0.2, 0.25) is 5.02 Å². The molecule has 0 aliphatic carbocycles. The van der Waals surface area contributed by atoms with Gasteiger partial charge in [-0.3, -0.25) is 14.6 Å². The van der Waals surface area contributed by atoms with Crippen molar-refractivity contribution in [3.05, 3.63) is 129 Å². The number of carbonyl (C=O) groups is 2. The second-order valence-electron chi connectivity index (χ2n) is 11.5. The molecular weight excluding hydrogens is 719 g/mol. The molecule has 0 aliphatic heterocycles. The van der Waals surface area contributed by atoms with Crippen molar-refractivity contribution in [2.24, 2.45) is 0 Å². The zero-order chi connectivity index (χ0) is 37.6. The van der Waals surface area contributed by atoms with Crippen LogP contribution >= 0.6 is 11.6 Å². The summed E-state index contributed by atoms with van der Waals surface area (Å²) < 4.78 is 128. The van der Waals surface area contributed by atoms with Gasteiger partial charge in [0.1, 0.15) is 22.9 Å². The van der Waals surface area contributed by atoms with E-state index >= 15 is 4.39 Å². The Morgan fingerprint density at radius 3 is 2.16 bits per heavy atom. The van der Waals surface area contributed by atoms with Crippen LogP contribution in [0.1, 0.15) is 64.0 Å². The first-order valence-corrected chi connectivity index (χ1v) is 15.5. The summed E-state index contributed by atoms with van der Waals surface area (Å²) >= 11 is 6.04. The molecular formula is C35H28ClF9N2O4. The minimum absolute atomic E-state index is 0.0214. The van der Waals surface area contributed by atoms with Gasteiger partial charge in [0.25, 0.3) is 5.91 Å². The zero-order valence-electron chi connectivity index (χ0n) is 26.2. The van der Waals surface area contributed by atoms with Gasteiger partial charge in [-0.1, -0.05) is 42.3 Å². The van der Waals surface area contributed by atoms with E-state index in [9.17, 15) is 44.7 Å². The van der Waals surface area contributed by atoms with Gasteiger partial charge in [-0.05, 0) is 78.4 Å². The van der Waals surface area contributed by atoms with Gasteiger partial charge in [0.15, 0.2) is 0 Å². The molecule has 3 aromatic carbocycles. The number of alkyl halides is 7. The molecule has 272 valence electrons. The maximum atomic E-state index is 15.1. The molecule has 1 atom stereocenters. The highest BCUT2D eigenvalue weighted by atomic mass is 35.5. The van der Waals surface area contributed by atoms with E-state index in [1.807, 2.05) is 0 Å². The van der Waals surface area contributed by atoms with Gasteiger partial charge in [-0.25, -0.2) is 8.78 Å². The van der Waals surface area contributed by atoms with Gasteiger partial charge in [-0.15, -0.1) is 0 Å². The second kappa shape index (κ2) is 16.0. The summed E-state index contributed by atoms with van der Waals surface area (Å²) in [4.78, 5) is 28.8. The molecule has 0 bridgehead atoms. The average molecular weight is 747 g/mol. The highest BCUT2D eigenvalue weighted by Crippen LogP contribution is 2.38. The maximum absolute atomic E-state index is 15.1. The van der Waals surface area contributed by atoms with E-state index < -0.39 is 70.2 Å². The molecule has 0 saturated carbocycles. The molecule has 0 spiro atoms. The quantitative estimate of drug-likeness (QED) is 0.0936. The molecule has 6 nitrogen and oxygen atoms in total. The topological polar surface area (TPSA) is 88.5 Å². The molecule has 0 unspecified atom stereocenters. The largest absolute Gasteiger partial charge is 0.481 e. The average Bonchev–Trinajstić information content (AvgIpc) is 3.04. The fourth-order valence-corrected chi connectivity index (χ4v) is 5.39. The third kappa shape index (κ3) is 10.1. The molecule has 2 N–H and O–H groups in total. The number of carbonyl (C=O) groups excluding carboxylic acids is 1. The lowest BCUT2D eigenvalue weighted by molar-refractivity contribution is -0.253. The van der Waals surface area contributed by atoms with E-state index in [-0.39, 0.29) is 29.6 Å². The Labute approximate surface area is 290 Å². The van der Waals surface area contributed by atoms with E-state index in [4.69, 9.17) is 16.7 Å². The summed E-state index contributed by atoms with van der Waals surface area (Å²) in [5, 5.41) is 11.4. The van der Waals surface area contributed by atoms with Gasteiger partial charge in [0, 0.05) is 30.7 Å². The van der Waals surface area contributed by atoms with Crippen LogP contribution in [-0.2, 0) is 29.4 Å². The number of nitrogens with one attached hydrogen (secondary N) is 1. The van der Waals surface area contributed by atoms with Gasteiger partial charge in [-0.2, -0.15) is 30.7 Å². The number of ether oxygens (including phenoxy) is 1. The Balaban J connectivity index is 1.85. The number of aromatic nitrogens is 1. The standard InChI is InChI=1S/C35H28ClF9N2O4/c36-24-11-13-29(46-19-24)33(23-15-25(37)17-26(16-23)51-35(44,45)32(39)40,47-31(50)22-10-12-28(38)27(14-22)34(41,42)43)18-21-8-6-20(7-9-21)4-2-1-3-5-30(48)49/h6-17,19,32H,1-5,18H2,(H,47,50)(H,48,49)/t33-/m0/s1. The minimum Gasteiger partial charge on any atom is -0.481 e. The Bertz CT molecular complexity index is 1840. The summed E-state index contributed by atoms with van der Waals surface area (Å²) in [6, 6.07) is 12.5. The van der Waals surface area contributed by atoms with E-state index in [1.54, 1.807) is 24.3 Å². The van der Waals surface area contributed by atoms with Crippen LogP contribution in [0.4, 0.5) is 39.5 Å². The van der Waals surface area contributed by atoms with Crippen molar-refractivity contribution < 1.29 is 58.9 Å². The Morgan fingerprint density at radius 1 is 0.863 bits per heavy atom. The smallest absolute Gasteiger partial charge is 0.461 e. The maximum Gasteiger partial charge on any atom is 0.461 e. The zero-order valence-corrected chi connectivity index (χ0v) is 27.0. The molecule has 4 rings (SSSR count). The van der Waals surface area contributed by atoms with E-state index in [0.717, 1.165) is 30.0 Å². The molecule has 1 amide bonds. The first kappa shape index (κ1) is 39.0. The summed E-state index contributed by atoms with van der Waals surface area (Å²) in [5.41, 5.74) is -3.93. The first-order chi connectivity index (χ1) is 23.9. The number of hydrogen-bond donors (Lipinski definition) is 2. The molecule has 0 aliphatic rings. The second-order valence-corrected chi connectivity index (χ2v) is 11.9. The summed E-state index contributed by atoms with van der Waals surface area (Å²) in [6.45, 7) is 0. The van der Waals surface area contributed by atoms with Gasteiger partial charge < -0.3 is 15.2 Å². The molecule has 0 radical (unpaired) electrons. The van der Waals surface area contributed by atoms with Crippen molar-refractivity contribution in [1.29, 1.82) is 0 Å². The van der Waals surface area contributed by atoms with E-state index in [2.05, 4.69) is 15.0 Å². The Morgan fingerprint density at radius 2 is 1.55 bits per heavy atom. The molecule has 51 heavy (non-hydrogen) atoms. The molecule has 0 saturated heterocycles. The molecule has 4 aromatic rings. The number of amides is 1. The van der Waals surface area contributed by atoms with Gasteiger partial charge in [0.2, 0.25) is 0 Å². The van der Waals surface area contributed by atoms with Crippen molar-refractivity contribution in [3.8, 4) is 5.75 Å². The summed E-state index contributed by atoms with van der Waals surface area (Å²) in [6.07, 6.45) is -11.5. The highest BCUT2D eigenvalue weighted by Gasteiger charge is 2.45. The number of nitrogens with zero attached hydrogens (tertiary/aromatic N) is 1. The number of unbranched alkanes of at least 4 members (excludes halogenated alkanes) is 2. The monoisotopic (exact) mass is 746 g/mol. The molecule has 0 fully saturated rings. The number of rotatable bonds is 15. The highest BCUT2D eigenvalue weighted by molar-refractivity contribution is 6.30. The van der Waals surface area contributed by atoms with Crippen LogP contribution in [-0.4, -0.2) is 34.5 Å². The Hall–Kier alpha value is -4.79. The van der Waals surface area contributed by atoms with Crippen LogP contribution < -0.4 is 10.1 Å². The third-order valence-electron chi connectivity index (χ3n) is 7.75. The molecule has 16 heteroatoms. The Kier molecular flexibility index (Phi) is 12.3. The predicted octanol–water partition coefficient (Wildman–Crippen LogP) is 9.37. The van der Waals surface area contributed by atoms with Gasteiger partial charge >= 0.3 is 24.7 Å². The van der Waals surface area contributed by atoms with Crippen molar-refractivity contribution in [3.63, 3.8) is 0 Å². The van der Waals surface area contributed by atoms with E-state index in [0.29, 0.717) is 43.4 Å². The normalized spacial score (nSPS) is 13.2. The van der Waals surface area contributed by atoms with Crippen LogP contribution in [0.3, 0.4) is 0 Å². The summed E-state index contributed by atoms with van der Waals surface area (Å²) in [7, 11) is 0. The lowest BCUT2D eigenvalue weighted by Crippen LogP contribution is -2.49. The minimum atomic E-state index is -5.20. The number of halogens is 10. The summed E-state index contributed by atoms with van der Waals surface area (Å²) in [5.74, 6) is -6.20. The van der Waals surface area contributed by atoms with Crippen molar-refractivity contribution >= 4 is 23.5 Å². The third-order valence-corrected chi connectivity index (χ3v) is 7.97. The van der Waals surface area contributed by atoms with Gasteiger partial charge in [0.05, 0.1) is 16.3 Å². The number of aryl methyl sites for hydroxylation is 1. The van der Waals surface area contributed by atoms with Crippen LogP contribution in [0.15, 0.2) is 79.0 Å². The number of aliphatic carboxylic acids is 1. The van der Waals surface area contributed by atoms with Crippen molar-refractivity contribution in [2.45, 2.75) is 62.8 Å². The number of carboxylic acids is 1. The lowest BCUT2D eigenvalue weighted by Gasteiger charge is -2.36. The molecule has 1 aromatic heterocycles. The fourth-order valence-electron chi connectivity index (χ4n) is 5.28. The van der Waals surface area contributed by atoms with Crippen molar-refractivity contribution in [2.75, 3.05) is 0 Å². The fraction of sp³-hybridized carbons (Fsp3) is 0.286. The van der Waals surface area contributed by atoms with E-state index in [1.165, 1.54) is 12.1 Å². The number of benzene rings is 3. The van der Waals surface area contributed by atoms with Crippen LogP contribution in [0.25, 0.3) is 0 Å². The predicted molar refractivity (Wildman–Crippen MR) is 167 cm³/mol. The number of hydrogen-bond acceptors (Lipinski definition) is 4. The number of pyridine rings is 1. The van der Waals surface area contributed by atoms with Crippen LogP contribution in [0, 0.1) is 11.6 Å². The molecule has 1 heterocycles. The number of carboxylic acid groups (broad SMARTS) is 1. The first-order valence-electron chi connectivity index (χ1n) is 15.2.